The Morgan fingerprint density at radius 1 is 1.30 bits per heavy atom. The minimum absolute atomic E-state index is 0.0973. The van der Waals surface area contributed by atoms with Gasteiger partial charge in [0.05, 0.1) is 0 Å². The summed E-state index contributed by atoms with van der Waals surface area (Å²) in [6.07, 6.45) is 8.03. The second-order valence-corrected chi connectivity index (χ2v) is 7.25. The maximum Gasteiger partial charge on any atom is 0.246 e. The van der Waals surface area contributed by atoms with E-state index in [1.807, 2.05) is 44.3 Å². The van der Waals surface area contributed by atoms with Gasteiger partial charge in [-0.15, -0.1) is 0 Å². The number of carbonyl (C=O) groups is 2. The van der Waals surface area contributed by atoms with Gasteiger partial charge in [-0.2, -0.15) is 0 Å². The lowest BCUT2D eigenvalue weighted by Crippen LogP contribution is -2.24. The second-order valence-electron chi connectivity index (χ2n) is 7.25. The normalized spacial score (nSPS) is 11.2. The number of hydrogen-bond acceptors (Lipinski definition) is 5. The fourth-order valence-electron chi connectivity index (χ4n) is 3.44. The van der Waals surface area contributed by atoms with E-state index in [4.69, 9.17) is 4.42 Å². The summed E-state index contributed by atoms with van der Waals surface area (Å²) in [6.45, 7) is 2.39. The number of fused-ring (bicyclic) bond motifs is 1. The lowest BCUT2D eigenvalue weighted by atomic mass is 10.1. The van der Waals surface area contributed by atoms with Crippen LogP contribution in [0.5, 0.6) is 0 Å². The van der Waals surface area contributed by atoms with Gasteiger partial charge in [-0.05, 0) is 49.1 Å². The van der Waals surface area contributed by atoms with E-state index in [-0.39, 0.29) is 5.91 Å². The van der Waals surface area contributed by atoms with Crippen LogP contribution in [-0.2, 0) is 22.6 Å². The summed E-state index contributed by atoms with van der Waals surface area (Å²) in [4.78, 5) is 29.3. The maximum absolute atomic E-state index is 12.6. The Morgan fingerprint density at radius 2 is 2.10 bits per heavy atom. The van der Waals surface area contributed by atoms with Gasteiger partial charge in [0.2, 0.25) is 5.91 Å². The van der Waals surface area contributed by atoms with Crippen LogP contribution in [0.15, 0.2) is 47.0 Å². The van der Waals surface area contributed by atoms with E-state index in [1.165, 1.54) is 0 Å². The fraction of sp³-hybridized carbons (Fsp3) is 0.292. The second kappa shape index (κ2) is 9.87. The van der Waals surface area contributed by atoms with Crippen molar-refractivity contribution in [3.63, 3.8) is 0 Å². The van der Waals surface area contributed by atoms with E-state index in [1.54, 1.807) is 30.3 Å². The molecule has 1 N–H and O–H groups in total. The molecule has 0 bridgehead atoms. The zero-order valence-electron chi connectivity index (χ0n) is 17.6. The van der Waals surface area contributed by atoms with Gasteiger partial charge < -0.3 is 19.4 Å². The number of nitrogens with zero attached hydrogens (tertiary/aromatic N) is 2. The lowest BCUT2D eigenvalue weighted by molar-refractivity contribution is -0.125. The van der Waals surface area contributed by atoms with Crippen LogP contribution in [0.1, 0.15) is 35.3 Å². The van der Waals surface area contributed by atoms with Gasteiger partial charge in [0.15, 0.2) is 0 Å². The molecular formula is C24H27N3O3. The third-order valence-corrected chi connectivity index (χ3v) is 5.08. The number of nitrogens with one attached hydrogen (secondary N) is 1. The molecule has 2 aromatic heterocycles. The Hall–Kier alpha value is -3.41. The van der Waals surface area contributed by atoms with Crippen LogP contribution in [0.4, 0.5) is 5.82 Å². The minimum Gasteiger partial charge on any atom is -0.461 e. The molecule has 0 unspecified atom stereocenters. The lowest BCUT2D eigenvalue weighted by Gasteiger charge is -2.15. The molecule has 3 rings (SSSR count). The molecule has 0 spiro atoms. The van der Waals surface area contributed by atoms with E-state index < -0.39 is 0 Å². The molecule has 0 radical (unpaired) electrons. The maximum atomic E-state index is 12.6. The number of aromatic nitrogens is 1. The number of anilines is 1. The zero-order valence-corrected chi connectivity index (χ0v) is 17.6. The van der Waals surface area contributed by atoms with Crippen LogP contribution in [-0.4, -0.2) is 36.2 Å². The average molecular weight is 405 g/mol. The van der Waals surface area contributed by atoms with Gasteiger partial charge in [0.25, 0.3) is 0 Å². The van der Waals surface area contributed by atoms with E-state index >= 15 is 0 Å². The molecule has 0 aliphatic heterocycles. The number of hydrogen-bond donors (Lipinski definition) is 1. The number of pyridine rings is 1. The number of benzene rings is 1. The Labute approximate surface area is 176 Å². The number of para-hydroxylation sites is 1. The SMILES string of the molecule is CNc1ncc(/C=C/C(=O)N(C)Cc2c(C)oc3ccccc23)cc1CCCC=O. The molecular weight excluding hydrogens is 378 g/mol. The number of aryl methyl sites for hydroxylation is 2. The smallest absolute Gasteiger partial charge is 0.246 e. The van der Waals surface area contributed by atoms with Crippen molar-refractivity contribution in [2.75, 3.05) is 19.4 Å². The highest BCUT2D eigenvalue weighted by atomic mass is 16.3. The molecule has 2 heterocycles. The molecule has 0 saturated carbocycles. The van der Waals surface area contributed by atoms with Crippen molar-refractivity contribution >= 4 is 35.1 Å². The number of rotatable bonds is 9. The standard InChI is InChI=1S/C24H27N3O3/c1-17-21(20-9-4-5-10-22(20)30-17)16-27(3)23(29)12-11-18-14-19(8-6-7-13-28)24(25-2)26-15-18/h4-5,9-15H,6-8,16H2,1-3H3,(H,25,26)/b12-11+. The number of carbonyl (C=O) groups excluding carboxylic acids is 2. The highest BCUT2D eigenvalue weighted by molar-refractivity contribution is 5.92. The van der Waals surface area contributed by atoms with E-state index in [0.29, 0.717) is 13.0 Å². The van der Waals surface area contributed by atoms with Crippen LogP contribution in [0.3, 0.4) is 0 Å². The van der Waals surface area contributed by atoms with Crippen LogP contribution in [0, 0.1) is 6.92 Å². The molecule has 0 fully saturated rings. The largest absolute Gasteiger partial charge is 0.461 e. The molecule has 30 heavy (non-hydrogen) atoms. The van der Waals surface area contributed by atoms with Gasteiger partial charge in [-0.3, -0.25) is 4.79 Å². The molecule has 1 amide bonds. The van der Waals surface area contributed by atoms with Crippen molar-refractivity contribution in [3.05, 3.63) is 65.1 Å². The summed E-state index contributed by atoms with van der Waals surface area (Å²) in [5.41, 5.74) is 3.73. The van der Waals surface area contributed by atoms with Crippen molar-refractivity contribution in [2.45, 2.75) is 32.7 Å². The Bertz CT molecular complexity index is 1070. The highest BCUT2D eigenvalue weighted by Crippen LogP contribution is 2.26. The molecule has 6 heteroatoms. The van der Waals surface area contributed by atoms with Gasteiger partial charge in [0, 0.05) is 50.3 Å². The summed E-state index contributed by atoms with van der Waals surface area (Å²) < 4.78 is 5.79. The number of unbranched alkanes of at least 4 members (excludes halogenated alkanes) is 1. The van der Waals surface area contributed by atoms with E-state index in [9.17, 15) is 9.59 Å². The molecule has 0 aliphatic rings. The molecule has 0 saturated heterocycles. The predicted molar refractivity (Wildman–Crippen MR) is 119 cm³/mol. The summed E-state index contributed by atoms with van der Waals surface area (Å²) >= 11 is 0. The monoisotopic (exact) mass is 405 g/mol. The quantitative estimate of drug-likeness (QED) is 0.325. The number of aldehydes is 1. The van der Waals surface area contributed by atoms with Crippen LogP contribution in [0.25, 0.3) is 17.0 Å². The van der Waals surface area contributed by atoms with Gasteiger partial charge >= 0.3 is 0 Å². The first-order valence-corrected chi connectivity index (χ1v) is 10.0. The van der Waals surface area contributed by atoms with Crippen LogP contribution >= 0.6 is 0 Å². The molecule has 1 aromatic carbocycles. The van der Waals surface area contributed by atoms with E-state index in [0.717, 1.165) is 58.4 Å². The summed E-state index contributed by atoms with van der Waals surface area (Å²) in [6, 6.07) is 9.85. The van der Waals surface area contributed by atoms with Crippen LogP contribution < -0.4 is 5.32 Å². The van der Waals surface area contributed by atoms with Crippen molar-refractivity contribution in [3.8, 4) is 0 Å². The first-order chi connectivity index (χ1) is 14.5. The first kappa shape index (κ1) is 21.3. The minimum atomic E-state index is -0.0973. The molecule has 3 aromatic rings. The van der Waals surface area contributed by atoms with Gasteiger partial charge in [-0.25, -0.2) is 4.98 Å². The van der Waals surface area contributed by atoms with E-state index in [2.05, 4.69) is 10.3 Å². The highest BCUT2D eigenvalue weighted by Gasteiger charge is 2.14. The topological polar surface area (TPSA) is 75.4 Å². The number of furan rings is 1. The van der Waals surface area contributed by atoms with Crippen molar-refractivity contribution in [1.82, 2.24) is 9.88 Å². The number of amides is 1. The molecule has 6 nitrogen and oxygen atoms in total. The third kappa shape index (κ3) is 4.95. The van der Waals surface area contributed by atoms with Crippen molar-refractivity contribution < 1.29 is 14.0 Å². The average Bonchev–Trinajstić information content (AvgIpc) is 3.07. The summed E-state index contributed by atoms with van der Waals surface area (Å²) in [7, 11) is 3.60. The van der Waals surface area contributed by atoms with Crippen molar-refractivity contribution in [1.29, 1.82) is 0 Å². The Morgan fingerprint density at radius 3 is 2.87 bits per heavy atom. The van der Waals surface area contributed by atoms with Crippen molar-refractivity contribution in [2.24, 2.45) is 0 Å². The van der Waals surface area contributed by atoms with Gasteiger partial charge in [0.1, 0.15) is 23.4 Å². The van der Waals surface area contributed by atoms with Crippen LogP contribution in [0.2, 0.25) is 0 Å². The Balaban J connectivity index is 1.70. The Kier molecular flexibility index (Phi) is 7.01. The summed E-state index contributed by atoms with van der Waals surface area (Å²) in [5.74, 6) is 1.52. The first-order valence-electron chi connectivity index (χ1n) is 10.0. The molecule has 156 valence electrons. The summed E-state index contributed by atoms with van der Waals surface area (Å²) in [5, 5.41) is 4.10. The zero-order chi connectivity index (χ0) is 21.5. The predicted octanol–water partition coefficient (Wildman–Crippen LogP) is 4.37. The number of likely N-dealkylation sites (N-methyl/N-ethyl adjacent to an activating group) is 1. The molecule has 0 aliphatic carbocycles. The molecule has 0 atom stereocenters. The fourth-order valence-corrected chi connectivity index (χ4v) is 3.44. The third-order valence-electron chi connectivity index (χ3n) is 5.08. The van der Waals surface area contributed by atoms with Gasteiger partial charge in [-0.1, -0.05) is 18.2 Å².